The lowest BCUT2D eigenvalue weighted by Crippen LogP contribution is -2.34. The van der Waals surface area contributed by atoms with E-state index in [1.54, 1.807) is 12.3 Å². The second-order valence-corrected chi connectivity index (χ2v) is 6.51. The van der Waals surface area contributed by atoms with Crippen molar-refractivity contribution in [2.45, 2.75) is 18.9 Å². The fourth-order valence-electron chi connectivity index (χ4n) is 2.81. The smallest absolute Gasteiger partial charge is 0.220 e. The van der Waals surface area contributed by atoms with Gasteiger partial charge in [0.15, 0.2) is 11.7 Å². The number of aryl methyl sites for hydroxylation is 1. The highest BCUT2D eigenvalue weighted by molar-refractivity contribution is 5.76. The number of rotatable bonds is 8. The number of hydrogen-bond acceptors (Lipinski definition) is 5. The number of furan rings is 1. The minimum Gasteiger partial charge on any atom is -0.468 e. The molecule has 0 aliphatic carbocycles. The van der Waals surface area contributed by atoms with Crippen molar-refractivity contribution in [3.63, 3.8) is 0 Å². The molecule has 1 N–H and O–H groups in total. The number of nitrogens with zero attached hydrogens (tertiary/aromatic N) is 2. The first-order valence-corrected chi connectivity index (χ1v) is 8.81. The molecule has 2 heterocycles. The van der Waals surface area contributed by atoms with Crippen molar-refractivity contribution >= 4 is 5.91 Å². The SMILES string of the molecule is CN(C)[C@@H](CNC(=O)CCc1ncc(-c2c(F)cccc2F)o1)c1ccco1. The summed E-state index contributed by atoms with van der Waals surface area (Å²) in [6.07, 6.45) is 3.20. The number of aromatic nitrogens is 1. The van der Waals surface area contributed by atoms with Gasteiger partial charge in [0.1, 0.15) is 17.4 Å². The molecule has 3 rings (SSSR count). The van der Waals surface area contributed by atoms with Gasteiger partial charge in [-0.3, -0.25) is 9.69 Å². The molecule has 0 saturated heterocycles. The molecule has 0 bridgehead atoms. The van der Waals surface area contributed by atoms with Gasteiger partial charge in [-0.1, -0.05) is 6.07 Å². The summed E-state index contributed by atoms with van der Waals surface area (Å²) in [6.45, 7) is 0.386. The van der Waals surface area contributed by atoms with Crippen molar-refractivity contribution in [1.82, 2.24) is 15.2 Å². The molecule has 0 unspecified atom stereocenters. The van der Waals surface area contributed by atoms with Gasteiger partial charge in [-0.2, -0.15) is 0 Å². The van der Waals surface area contributed by atoms with E-state index in [1.165, 1.54) is 12.3 Å². The zero-order valence-electron chi connectivity index (χ0n) is 15.6. The maximum atomic E-state index is 13.8. The molecule has 0 saturated carbocycles. The third kappa shape index (κ3) is 4.64. The number of halogens is 2. The number of likely N-dealkylation sites (N-methyl/N-ethyl adjacent to an activating group) is 1. The molecule has 2 aromatic heterocycles. The Morgan fingerprint density at radius 2 is 1.96 bits per heavy atom. The molecule has 148 valence electrons. The average molecular weight is 389 g/mol. The largest absolute Gasteiger partial charge is 0.468 e. The van der Waals surface area contributed by atoms with Crippen LogP contribution < -0.4 is 5.32 Å². The molecule has 1 atom stereocenters. The van der Waals surface area contributed by atoms with Crippen molar-refractivity contribution in [3.8, 4) is 11.3 Å². The van der Waals surface area contributed by atoms with Gasteiger partial charge in [-0.25, -0.2) is 13.8 Å². The van der Waals surface area contributed by atoms with E-state index >= 15 is 0 Å². The first-order chi connectivity index (χ1) is 13.5. The fourth-order valence-corrected chi connectivity index (χ4v) is 2.81. The Morgan fingerprint density at radius 1 is 1.21 bits per heavy atom. The van der Waals surface area contributed by atoms with Gasteiger partial charge < -0.3 is 14.2 Å². The Morgan fingerprint density at radius 3 is 2.61 bits per heavy atom. The number of amides is 1. The lowest BCUT2D eigenvalue weighted by molar-refractivity contribution is -0.121. The fraction of sp³-hybridized carbons (Fsp3) is 0.300. The lowest BCUT2D eigenvalue weighted by Gasteiger charge is -2.22. The Labute approximate surface area is 161 Å². The molecule has 0 radical (unpaired) electrons. The van der Waals surface area contributed by atoms with Crippen LogP contribution in [0.25, 0.3) is 11.3 Å². The minimum absolute atomic E-state index is 0.00324. The van der Waals surface area contributed by atoms with E-state index in [9.17, 15) is 13.6 Å². The number of carbonyl (C=O) groups is 1. The number of hydrogen-bond donors (Lipinski definition) is 1. The van der Waals surface area contributed by atoms with E-state index < -0.39 is 11.6 Å². The van der Waals surface area contributed by atoms with E-state index in [4.69, 9.17) is 8.83 Å². The summed E-state index contributed by atoms with van der Waals surface area (Å²) in [7, 11) is 3.80. The third-order valence-corrected chi connectivity index (χ3v) is 4.32. The number of oxazole rings is 1. The van der Waals surface area contributed by atoms with Crippen LogP contribution in [-0.2, 0) is 11.2 Å². The molecule has 0 spiro atoms. The monoisotopic (exact) mass is 389 g/mol. The molecule has 0 fully saturated rings. The second kappa shape index (κ2) is 8.79. The lowest BCUT2D eigenvalue weighted by atomic mass is 10.1. The van der Waals surface area contributed by atoms with Gasteiger partial charge >= 0.3 is 0 Å². The van der Waals surface area contributed by atoms with Gasteiger partial charge in [0, 0.05) is 19.4 Å². The number of benzene rings is 1. The normalized spacial score (nSPS) is 12.3. The highest BCUT2D eigenvalue weighted by atomic mass is 19.1. The molecular weight excluding hydrogens is 368 g/mol. The minimum atomic E-state index is -0.729. The van der Waals surface area contributed by atoms with Crippen LogP contribution in [0.4, 0.5) is 8.78 Å². The summed E-state index contributed by atoms with van der Waals surface area (Å²) in [6, 6.07) is 7.14. The quantitative estimate of drug-likeness (QED) is 0.638. The third-order valence-electron chi connectivity index (χ3n) is 4.32. The van der Waals surface area contributed by atoms with E-state index in [0.717, 1.165) is 17.9 Å². The maximum Gasteiger partial charge on any atom is 0.220 e. The van der Waals surface area contributed by atoms with Gasteiger partial charge in [-0.05, 0) is 38.4 Å². The van der Waals surface area contributed by atoms with Crippen LogP contribution in [0.3, 0.4) is 0 Å². The molecule has 6 nitrogen and oxygen atoms in total. The first-order valence-electron chi connectivity index (χ1n) is 8.81. The summed E-state index contributed by atoms with van der Waals surface area (Å²) in [5.74, 6) is -0.648. The van der Waals surface area contributed by atoms with Crippen LogP contribution in [0.15, 0.2) is 51.6 Å². The number of nitrogens with one attached hydrogen (secondary N) is 1. The summed E-state index contributed by atoms with van der Waals surface area (Å²) >= 11 is 0. The van der Waals surface area contributed by atoms with Gasteiger partial charge in [0.05, 0.1) is 24.1 Å². The molecule has 8 heteroatoms. The zero-order valence-corrected chi connectivity index (χ0v) is 15.6. The van der Waals surface area contributed by atoms with Crippen LogP contribution >= 0.6 is 0 Å². The van der Waals surface area contributed by atoms with Crippen LogP contribution in [0, 0.1) is 11.6 Å². The van der Waals surface area contributed by atoms with E-state index in [1.807, 2.05) is 25.1 Å². The van der Waals surface area contributed by atoms with Gasteiger partial charge in [0.25, 0.3) is 0 Å². The molecule has 0 aliphatic heterocycles. The van der Waals surface area contributed by atoms with Gasteiger partial charge in [0.2, 0.25) is 5.91 Å². The zero-order chi connectivity index (χ0) is 20.1. The highest BCUT2D eigenvalue weighted by Gasteiger charge is 2.19. The molecule has 28 heavy (non-hydrogen) atoms. The predicted octanol–water partition coefficient (Wildman–Crippen LogP) is 3.56. The molecule has 1 amide bonds. The van der Waals surface area contributed by atoms with Crippen LogP contribution in [-0.4, -0.2) is 36.4 Å². The van der Waals surface area contributed by atoms with E-state index in [0.29, 0.717) is 6.54 Å². The molecular formula is C20H21F2N3O3. The summed E-state index contributed by atoms with van der Waals surface area (Å²) in [5.41, 5.74) is -0.266. The van der Waals surface area contributed by atoms with Crippen molar-refractivity contribution in [1.29, 1.82) is 0 Å². The van der Waals surface area contributed by atoms with Crippen molar-refractivity contribution < 1.29 is 22.4 Å². The maximum absolute atomic E-state index is 13.8. The number of carbonyl (C=O) groups excluding carboxylic acids is 1. The van der Waals surface area contributed by atoms with Crippen molar-refractivity contribution in [2.75, 3.05) is 20.6 Å². The summed E-state index contributed by atoms with van der Waals surface area (Å²) in [4.78, 5) is 18.1. The standard InChI is InChI=1S/C20H21F2N3O3/c1-25(2)15(16-7-4-10-27-16)11-23-18(26)8-9-19-24-12-17(28-19)20-13(21)5-3-6-14(20)22/h3-7,10,12,15H,8-9,11H2,1-2H3,(H,23,26)/t15-/m0/s1. The average Bonchev–Trinajstić information content (AvgIpc) is 3.32. The van der Waals surface area contributed by atoms with Gasteiger partial charge in [-0.15, -0.1) is 0 Å². The predicted molar refractivity (Wildman–Crippen MR) is 98.3 cm³/mol. The van der Waals surface area contributed by atoms with Crippen molar-refractivity contribution in [2.24, 2.45) is 0 Å². The summed E-state index contributed by atoms with van der Waals surface area (Å²) in [5, 5.41) is 2.85. The highest BCUT2D eigenvalue weighted by Crippen LogP contribution is 2.26. The Hall–Kier alpha value is -3.00. The Bertz CT molecular complexity index is 902. The first kappa shape index (κ1) is 19.8. The second-order valence-electron chi connectivity index (χ2n) is 6.51. The molecule has 1 aromatic carbocycles. The topological polar surface area (TPSA) is 71.5 Å². The Kier molecular flexibility index (Phi) is 6.20. The van der Waals surface area contributed by atoms with Crippen LogP contribution in [0.2, 0.25) is 0 Å². The van der Waals surface area contributed by atoms with E-state index in [-0.39, 0.29) is 42.0 Å². The van der Waals surface area contributed by atoms with Crippen LogP contribution in [0.5, 0.6) is 0 Å². The van der Waals surface area contributed by atoms with Crippen molar-refractivity contribution in [3.05, 3.63) is 66.1 Å². The summed E-state index contributed by atoms with van der Waals surface area (Å²) < 4.78 is 38.4. The van der Waals surface area contributed by atoms with E-state index in [2.05, 4.69) is 10.3 Å². The Balaban J connectivity index is 1.55. The van der Waals surface area contributed by atoms with Crippen LogP contribution in [0.1, 0.15) is 24.1 Å². The molecule has 3 aromatic rings. The molecule has 0 aliphatic rings.